The fraction of sp³-hybridized carbons (Fsp3) is 0.393. The number of carbonyl (C=O) groups excluding carboxylic acids is 2. The lowest BCUT2D eigenvalue weighted by molar-refractivity contribution is -0.0424. The molecule has 3 aromatic rings. The van der Waals surface area contributed by atoms with Crippen LogP contribution in [0.5, 0.6) is 0 Å². The van der Waals surface area contributed by atoms with Crippen LogP contribution in [0.2, 0.25) is 0 Å². The lowest BCUT2D eigenvalue weighted by atomic mass is 9.77. The van der Waals surface area contributed by atoms with Crippen molar-refractivity contribution < 1.29 is 23.1 Å². The molecule has 6 nitrogen and oxygen atoms in total. The van der Waals surface area contributed by atoms with Gasteiger partial charge >= 0.3 is 5.97 Å². The van der Waals surface area contributed by atoms with Crippen LogP contribution >= 0.6 is 22.7 Å². The average molecular weight is 558 g/mol. The maximum Gasteiger partial charge on any atom is 0.348 e. The smallest absolute Gasteiger partial charge is 0.348 e. The van der Waals surface area contributed by atoms with Crippen molar-refractivity contribution in [2.75, 3.05) is 32.6 Å². The van der Waals surface area contributed by atoms with Crippen LogP contribution in [0.1, 0.15) is 57.8 Å². The molecule has 1 saturated carbocycles. The van der Waals surface area contributed by atoms with E-state index >= 15 is 0 Å². The second kappa shape index (κ2) is 11.0. The molecule has 1 amide bonds. The molecular weight excluding hydrogens is 528 g/mol. The number of thiophene rings is 1. The Bertz CT molecular complexity index is 1340. The predicted octanol–water partition coefficient (Wildman–Crippen LogP) is 6.83. The van der Waals surface area contributed by atoms with E-state index in [4.69, 9.17) is 4.74 Å². The molecule has 200 valence electrons. The van der Waals surface area contributed by atoms with Gasteiger partial charge in [0.25, 0.3) is 5.91 Å². The predicted molar refractivity (Wildman–Crippen MR) is 147 cm³/mol. The number of likely N-dealkylation sites (N-methyl/N-ethyl adjacent to an activating group) is 1. The zero-order chi connectivity index (χ0) is 26.9. The Balaban J connectivity index is 1.47. The number of hydrogen-bond donors (Lipinski definition) is 1. The van der Waals surface area contributed by atoms with Gasteiger partial charge in [0, 0.05) is 47.4 Å². The molecule has 10 heteroatoms. The van der Waals surface area contributed by atoms with E-state index in [0.29, 0.717) is 35.6 Å². The van der Waals surface area contributed by atoms with Crippen molar-refractivity contribution in [2.24, 2.45) is 5.92 Å². The summed E-state index contributed by atoms with van der Waals surface area (Å²) in [4.78, 5) is 32.8. The molecule has 38 heavy (non-hydrogen) atoms. The van der Waals surface area contributed by atoms with Crippen LogP contribution in [-0.2, 0) is 4.74 Å². The van der Waals surface area contributed by atoms with Crippen LogP contribution in [0.25, 0.3) is 16.0 Å². The minimum atomic E-state index is -2.58. The van der Waals surface area contributed by atoms with Crippen molar-refractivity contribution in [2.45, 2.75) is 38.0 Å². The van der Waals surface area contributed by atoms with Gasteiger partial charge in [-0.1, -0.05) is 17.7 Å². The summed E-state index contributed by atoms with van der Waals surface area (Å²) in [6.07, 6.45) is 1.56. The SMILES string of the molecule is COC(=O)c1sc(-c2ccc(NC(=O)c3cscn3)cc2)cc1C1=C(C2CCC(F)(F)CC2)CCN(C)C1. The minimum Gasteiger partial charge on any atom is -0.465 e. The lowest BCUT2D eigenvalue weighted by Crippen LogP contribution is -2.32. The van der Waals surface area contributed by atoms with Crippen LogP contribution in [0.4, 0.5) is 14.5 Å². The third-order valence-corrected chi connectivity index (χ3v) is 9.06. The highest BCUT2D eigenvalue weighted by atomic mass is 32.1. The van der Waals surface area contributed by atoms with Gasteiger partial charge in [0.05, 0.1) is 12.6 Å². The summed E-state index contributed by atoms with van der Waals surface area (Å²) in [6, 6.07) is 9.46. The molecule has 0 spiro atoms. The number of anilines is 1. The number of amides is 1. The van der Waals surface area contributed by atoms with Gasteiger partial charge in [0.1, 0.15) is 10.6 Å². The van der Waals surface area contributed by atoms with Crippen LogP contribution in [0.3, 0.4) is 0 Å². The lowest BCUT2D eigenvalue weighted by Gasteiger charge is -2.36. The fourth-order valence-electron chi connectivity index (χ4n) is 5.25. The van der Waals surface area contributed by atoms with E-state index in [-0.39, 0.29) is 24.7 Å². The average Bonchev–Trinajstić information content (AvgIpc) is 3.60. The zero-order valence-electron chi connectivity index (χ0n) is 21.3. The van der Waals surface area contributed by atoms with Gasteiger partial charge in [-0.3, -0.25) is 4.79 Å². The summed E-state index contributed by atoms with van der Waals surface area (Å²) >= 11 is 2.72. The van der Waals surface area contributed by atoms with Crippen molar-refractivity contribution in [1.29, 1.82) is 0 Å². The second-order valence-corrected chi connectivity index (χ2v) is 11.6. The minimum absolute atomic E-state index is 0.0889. The van der Waals surface area contributed by atoms with Crippen LogP contribution < -0.4 is 5.32 Å². The van der Waals surface area contributed by atoms with Gasteiger partial charge in [-0.05, 0) is 61.6 Å². The molecule has 1 aliphatic heterocycles. The Morgan fingerprint density at radius 1 is 1.18 bits per heavy atom. The summed E-state index contributed by atoms with van der Waals surface area (Å²) < 4.78 is 32.9. The fourth-order valence-corrected chi connectivity index (χ4v) is 6.89. The third-order valence-electron chi connectivity index (χ3n) is 7.31. The zero-order valence-corrected chi connectivity index (χ0v) is 22.9. The standard InChI is InChI=1S/C28H29F2N3O3S2/c1-33-12-9-20(17-7-10-28(29,30)11-8-17)22(14-33)21-13-24(38-25(21)27(35)36-2)18-3-5-19(6-4-18)32-26(34)23-15-37-16-31-23/h3-6,13,15-17H,7-12,14H2,1-2H3,(H,32,34). The molecule has 0 bridgehead atoms. The van der Waals surface area contributed by atoms with Crippen molar-refractivity contribution in [1.82, 2.24) is 9.88 Å². The Morgan fingerprint density at radius 2 is 1.92 bits per heavy atom. The maximum atomic E-state index is 13.9. The van der Waals surface area contributed by atoms with E-state index in [1.807, 2.05) is 37.4 Å². The molecular formula is C28H29F2N3O3S2. The van der Waals surface area contributed by atoms with Crippen LogP contribution in [0.15, 0.2) is 46.8 Å². The first-order chi connectivity index (χ1) is 18.2. The van der Waals surface area contributed by atoms with E-state index < -0.39 is 11.9 Å². The first-order valence-corrected chi connectivity index (χ1v) is 14.3. The van der Waals surface area contributed by atoms with Gasteiger partial charge in [-0.15, -0.1) is 22.7 Å². The highest BCUT2D eigenvalue weighted by Gasteiger charge is 2.38. The number of thiazole rings is 1. The number of halogens is 2. The number of ether oxygens (including phenoxy) is 1. The Kier molecular flexibility index (Phi) is 7.74. The molecule has 1 aromatic carbocycles. The van der Waals surface area contributed by atoms with Gasteiger partial charge in [0.2, 0.25) is 5.92 Å². The summed E-state index contributed by atoms with van der Waals surface area (Å²) in [5.74, 6) is -3.15. The van der Waals surface area contributed by atoms with Gasteiger partial charge < -0.3 is 15.0 Å². The Labute approximate surface area is 228 Å². The summed E-state index contributed by atoms with van der Waals surface area (Å²) in [5, 5.41) is 4.53. The molecule has 2 aromatic heterocycles. The molecule has 0 saturated heterocycles. The number of hydrogen-bond acceptors (Lipinski definition) is 7. The molecule has 0 unspecified atom stereocenters. The number of rotatable bonds is 6. The number of methoxy groups -OCH3 is 1. The van der Waals surface area contributed by atoms with Crippen LogP contribution in [0, 0.1) is 5.92 Å². The molecule has 2 aliphatic rings. The molecule has 1 aliphatic carbocycles. The van der Waals surface area contributed by atoms with E-state index in [2.05, 4.69) is 15.2 Å². The summed E-state index contributed by atoms with van der Waals surface area (Å²) in [6.45, 7) is 1.52. The van der Waals surface area contributed by atoms with Crippen molar-refractivity contribution in [3.63, 3.8) is 0 Å². The molecule has 1 N–H and O–H groups in total. The molecule has 0 radical (unpaired) electrons. The van der Waals surface area contributed by atoms with E-state index in [1.54, 1.807) is 10.9 Å². The van der Waals surface area contributed by atoms with Crippen molar-refractivity contribution >= 4 is 45.8 Å². The first-order valence-electron chi connectivity index (χ1n) is 12.5. The maximum absolute atomic E-state index is 13.9. The number of benzene rings is 1. The molecule has 1 fully saturated rings. The van der Waals surface area contributed by atoms with Gasteiger partial charge in [-0.2, -0.15) is 0 Å². The molecule has 3 heterocycles. The topological polar surface area (TPSA) is 71.5 Å². The number of esters is 1. The number of alkyl halides is 2. The second-order valence-electron chi connectivity index (χ2n) is 9.87. The quantitative estimate of drug-likeness (QED) is 0.337. The molecule has 0 atom stereocenters. The summed E-state index contributed by atoms with van der Waals surface area (Å²) in [7, 11) is 3.41. The van der Waals surface area contributed by atoms with Crippen LogP contribution in [-0.4, -0.2) is 54.9 Å². The normalized spacial score (nSPS) is 18.4. The first kappa shape index (κ1) is 26.6. The van der Waals surface area contributed by atoms with Crippen molar-refractivity contribution in [3.8, 4) is 10.4 Å². The number of nitrogens with zero attached hydrogens (tertiary/aromatic N) is 2. The Morgan fingerprint density at radius 3 is 2.58 bits per heavy atom. The largest absolute Gasteiger partial charge is 0.465 e. The van der Waals surface area contributed by atoms with Crippen molar-refractivity contribution in [3.05, 3.63) is 62.9 Å². The third kappa shape index (κ3) is 5.72. The summed E-state index contributed by atoms with van der Waals surface area (Å²) in [5.41, 5.74) is 6.62. The Hall–Kier alpha value is -2.95. The van der Waals surface area contributed by atoms with E-state index in [1.165, 1.54) is 35.4 Å². The van der Waals surface area contributed by atoms with Gasteiger partial charge in [-0.25, -0.2) is 18.6 Å². The monoisotopic (exact) mass is 557 g/mol. The highest BCUT2D eigenvalue weighted by molar-refractivity contribution is 7.17. The van der Waals surface area contributed by atoms with E-state index in [0.717, 1.165) is 34.5 Å². The molecule has 5 rings (SSSR count). The van der Waals surface area contributed by atoms with Gasteiger partial charge in [0.15, 0.2) is 0 Å². The number of carbonyl (C=O) groups is 2. The number of aromatic nitrogens is 1. The highest BCUT2D eigenvalue weighted by Crippen LogP contribution is 2.45. The van der Waals surface area contributed by atoms with E-state index in [9.17, 15) is 18.4 Å². The number of nitrogens with one attached hydrogen (secondary N) is 1.